The molecule has 3 fully saturated rings. The number of amides is 3. The number of nitrogens with one attached hydrogen (secondary N) is 2. The summed E-state index contributed by atoms with van der Waals surface area (Å²) in [5.41, 5.74) is 2.06. The Hall–Kier alpha value is -2.65. The van der Waals surface area contributed by atoms with Crippen molar-refractivity contribution in [2.75, 3.05) is 62.6 Å². The molecule has 3 aliphatic heterocycles. The predicted molar refractivity (Wildman–Crippen MR) is 121 cm³/mol. The highest BCUT2D eigenvalue weighted by atomic mass is 16.3. The smallest absolute Gasteiger partial charge is 0.249 e. The number of rotatable bonds is 6. The average Bonchev–Trinajstić information content (AvgIpc) is 2.82. The molecule has 0 aromatic heterocycles. The van der Waals surface area contributed by atoms with Gasteiger partial charge in [0, 0.05) is 63.6 Å². The molecule has 0 radical (unpaired) electrons. The average molecular weight is 444 g/mol. The van der Waals surface area contributed by atoms with E-state index in [9.17, 15) is 14.4 Å². The number of piperazine rings is 1. The van der Waals surface area contributed by atoms with Gasteiger partial charge in [-0.25, -0.2) is 0 Å². The first-order chi connectivity index (χ1) is 15.5. The van der Waals surface area contributed by atoms with Crippen LogP contribution in [0.5, 0.6) is 0 Å². The van der Waals surface area contributed by atoms with Crippen molar-refractivity contribution in [3.63, 3.8) is 0 Å². The van der Waals surface area contributed by atoms with E-state index in [0.717, 1.165) is 64.3 Å². The maximum Gasteiger partial charge on any atom is 0.249 e. The molecule has 174 valence electrons. The molecule has 3 aliphatic rings. The molecular weight excluding hydrogens is 410 g/mol. The van der Waals surface area contributed by atoms with Gasteiger partial charge in [-0.3, -0.25) is 24.6 Å². The van der Waals surface area contributed by atoms with Crippen LogP contribution < -0.4 is 15.5 Å². The van der Waals surface area contributed by atoms with Gasteiger partial charge in [0.15, 0.2) is 0 Å². The van der Waals surface area contributed by atoms with Crippen molar-refractivity contribution in [1.82, 2.24) is 15.1 Å². The first kappa shape index (κ1) is 22.5. The van der Waals surface area contributed by atoms with E-state index in [0.29, 0.717) is 18.8 Å². The second-order valence-corrected chi connectivity index (χ2v) is 8.96. The standard InChI is InChI=1S/C23H33N5O4/c29-16-22(31)28-9-7-17(8-10-28)15-26-11-13-27(14-12-26)19-3-1-18(2-4-19)24-20-5-6-21(30)25-23(20)32/h1-4,17,20,24,29H,5-16H2,(H,25,30,32). The minimum absolute atomic E-state index is 0.157. The number of carbonyl (C=O) groups is 3. The fourth-order valence-corrected chi connectivity index (χ4v) is 4.82. The quantitative estimate of drug-likeness (QED) is 0.542. The molecule has 3 amide bonds. The van der Waals surface area contributed by atoms with Gasteiger partial charge in [-0.1, -0.05) is 0 Å². The number of likely N-dealkylation sites (tertiary alicyclic amines) is 1. The zero-order valence-corrected chi connectivity index (χ0v) is 18.5. The number of aliphatic hydroxyl groups is 1. The summed E-state index contributed by atoms with van der Waals surface area (Å²) in [5.74, 6) is -0.00533. The molecule has 1 atom stereocenters. The highest BCUT2D eigenvalue weighted by Crippen LogP contribution is 2.23. The molecule has 3 saturated heterocycles. The molecule has 4 rings (SSSR count). The largest absolute Gasteiger partial charge is 0.387 e. The molecule has 1 aromatic carbocycles. The Morgan fingerprint density at radius 1 is 1.00 bits per heavy atom. The molecule has 32 heavy (non-hydrogen) atoms. The molecule has 1 aromatic rings. The lowest BCUT2D eigenvalue weighted by Crippen LogP contribution is -2.49. The van der Waals surface area contributed by atoms with Crippen molar-refractivity contribution in [3.05, 3.63) is 24.3 Å². The summed E-state index contributed by atoms with van der Waals surface area (Å²) in [7, 11) is 0. The Balaban J connectivity index is 1.20. The Bertz CT molecular complexity index is 814. The fourth-order valence-electron chi connectivity index (χ4n) is 4.82. The summed E-state index contributed by atoms with van der Waals surface area (Å²) in [5, 5.41) is 14.6. The predicted octanol–water partition coefficient (Wildman–Crippen LogP) is 0.257. The van der Waals surface area contributed by atoms with Crippen molar-refractivity contribution in [2.45, 2.75) is 31.7 Å². The number of anilines is 2. The monoisotopic (exact) mass is 443 g/mol. The zero-order chi connectivity index (χ0) is 22.5. The second kappa shape index (κ2) is 10.3. The van der Waals surface area contributed by atoms with Gasteiger partial charge in [0.05, 0.1) is 0 Å². The molecule has 0 bridgehead atoms. The van der Waals surface area contributed by atoms with Crippen molar-refractivity contribution in [3.8, 4) is 0 Å². The highest BCUT2D eigenvalue weighted by Gasteiger charge is 2.27. The number of hydrogen-bond acceptors (Lipinski definition) is 7. The lowest BCUT2D eigenvalue weighted by Gasteiger charge is -2.39. The van der Waals surface area contributed by atoms with Gasteiger partial charge in [-0.15, -0.1) is 0 Å². The van der Waals surface area contributed by atoms with Crippen molar-refractivity contribution < 1.29 is 19.5 Å². The van der Waals surface area contributed by atoms with E-state index in [1.807, 2.05) is 12.1 Å². The van der Waals surface area contributed by atoms with Crippen LogP contribution in [0, 0.1) is 5.92 Å². The number of hydrogen-bond donors (Lipinski definition) is 3. The van der Waals surface area contributed by atoms with Crippen LogP contribution in [-0.4, -0.2) is 91.1 Å². The fraction of sp³-hybridized carbons (Fsp3) is 0.609. The molecule has 3 heterocycles. The van der Waals surface area contributed by atoms with E-state index in [1.54, 1.807) is 4.90 Å². The van der Waals surface area contributed by atoms with E-state index in [2.05, 4.69) is 32.6 Å². The van der Waals surface area contributed by atoms with Crippen LogP contribution in [0.1, 0.15) is 25.7 Å². The van der Waals surface area contributed by atoms with Crippen molar-refractivity contribution in [2.24, 2.45) is 5.92 Å². The Morgan fingerprint density at radius 2 is 1.69 bits per heavy atom. The normalized spacial score (nSPS) is 23.2. The van der Waals surface area contributed by atoms with Gasteiger partial charge in [-0.2, -0.15) is 0 Å². The molecule has 3 N–H and O–H groups in total. The number of piperidine rings is 2. The van der Waals surface area contributed by atoms with Crippen LogP contribution in [0.3, 0.4) is 0 Å². The van der Waals surface area contributed by atoms with Crippen LogP contribution in [-0.2, 0) is 14.4 Å². The minimum atomic E-state index is -0.388. The number of carbonyl (C=O) groups excluding carboxylic acids is 3. The summed E-state index contributed by atoms with van der Waals surface area (Å²) in [6.07, 6.45) is 2.90. The second-order valence-electron chi connectivity index (χ2n) is 8.96. The lowest BCUT2D eigenvalue weighted by atomic mass is 9.96. The maximum absolute atomic E-state index is 11.9. The van der Waals surface area contributed by atoms with E-state index >= 15 is 0 Å². The summed E-state index contributed by atoms with van der Waals surface area (Å²) < 4.78 is 0. The van der Waals surface area contributed by atoms with Gasteiger partial charge in [0.25, 0.3) is 0 Å². The summed E-state index contributed by atoms with van der Waals surface area (Å²) >= 11 is 0. The number of nitrogens with zero attached hydrogens (tertiary/aromatic N) is 3. The Kier molecular flexibility index (Phi) is 7.26. The van der Waals surface area contributed by atoms with E-state index in [-0.39, 0.29) is 30.4 Å². The first-order valence-corrected chi connectivity index (χ1v) is 11.6. The third-order valence-corrected chi connectivity index (χ3v) is 6.80. The lowest BCUT2D eigenvalue weighted by molar-refractivity contribution is -0.136. The molecular formula is C23H33N5O4. The molecule has 1 unspecified atom stereocenters. The number of aliphatic hydroxyl groups excluding tert-OH is 1. The number of benzene rings is 1. The summed E-state index contributed by atoms with van der Waals surface area (Å²) in [6, 6.07) is 7.78. The maximum atomic E-state index is 11.9. The van der Waals surface area contributed by atoms with Crippen molar-refractivity contribution >= 4 is 29.1 Å². The SMILES string of the molecule is O=C1CCC(Nc2ccc(N3CCN(CC4CCN(C(=O)CO)CC4)CC3)cc2)C(=O)N1. The number of imide groups is 1. The van der Waals surface area contributed by atoms with Crippen LogP contribution >= 0.6 is 0 Å². The van der Waals surface area contributed by atoms with Crippen LogP contribution in [0.4, 0.5) is 11.4 Å². The highest BCUT2D eigenvalue weighted by molar-refractivity contribution is 6.01. The van der Waals surface area contributed by atoms with Gasteiger partial charge in [0.2, 0.25) is 17.7 Å². The Labute approximate surface area is 188 Å². The summed E-state index contributed by atoms with van der Waals surface area (Å²) in [6.45, 7) is 6.18. The van der Waals surface area contributed by atoms with Gasteiger partial charge >= 0.3 is 0 Å². The van der Waals surface area contributed by atoms with Gasteiger partial charge in [0.1, 0.15) is 12.6 Å². The molecule has 0 saturated carbocycles. The van der Waals surface area contributed by atoms with Gasteiger partial charge in [-0.05, 0) is 49.4 Å². The first-order valence-electron chi connectivity index (χ1n) is 11.6. The van der Waals surface area contributed by atoms with Crippen LogP contribution in [0.15, 0.2) is 24.3 Å². The van der Waals surface area contributed by atoms with E-state index < -0.39 is 0 Å². The topological polar surface area (TPSA) is 105 Å². The van der Waals surface area contributed by atoms with E-state index in [4.69, 9.17) is 5.11 Å². The summed E-state index contributed by atoms with van der Waals surface area (Å²) in [4.78, 5) is 41.5. The van der Waals surface area contributed by atoms with Crippen molar-refractivity contribution in [1.29, 1.82) is 0 Å². The minimum Gasteiger partial charge on any atom is -0.387 e. The molecule has 9 heteroatoms. The third-order valence-electron chi connectivity index (χ3n) is 6.80. The van der Waals surface area contributed by atoms with Crippen LogP contribution in [0.2, 0.25) is 0 Å². The Morgan fingerprint density at radius 3 is 2.31 bits per heavy atom. The van der Waals surface area contributed by atoms with E-state index in [1.165, 1.54) is 5.69 Å². The van der Waals surface area contributed by atoms with Crippen LogP contribution in [0.25, 0.3) is 0 Å². The van der Waals surface area contributed by atoms with Gasteiger partial charge < -0.3 is 20.2 Å². The molecule has 0 aliphatic carbocycles. The molecule has 0 spiro atoms. The molecule has 9 nitrogen and oxygen atoms in total. The third kappa shape index (κ3) is 5.58. The zero-order valence-electron chi connectivity index (χ0n) is 18.5.